The van der Waals surface area contributed by atoms with Gasteiger partial charge in [0.05, 0.1) is 5.69 Å². The molecule has 0 bridgehead atoms. The second-order valence-electron chi connectivity index (χ2n) is 5.28. The molecule has 1 amide bonds. The first-order valence-electron chi connectivity index (χ1n) is 7.37. The van der Waals surface area contributed by atoms with E-state index in [4.69, 9.17) is 0 Å². The van der Waals surface area contributed by atoms with Gasteiger partial charge in [0.25, 0.3) is 5.91 Å². The molecular weight excluding hydrogens is 322 g/mol. The van der Waals surface area contributed by atoms with E-state index in [9.17, 15) is 9.59 Å². The fourth-order valence-electron chi connectivity index (χ4n) is 2.16. The molecule has 120 valence electrons. The van der Waals surface area contributed by atoms with Gasteiger partial charge in [0.15, 0.2) is 10.8 Å². The van der Waals surface area contributed by atoms with Crippen LogP contribution in [0.2, 0.25) is 0 Å². The zero-order chi connectivity index (χ0) is 17.1. The van der Waals surface area contributed by atoms with Crippen LogP contribution in [-0.4, -0.2) is 21.5 Å². The highest BCUT2D eigenvalue weighted by Gasteiger charge is 2.12. The first-order chi connectivity index (χ1) is 11.5. The number of hydrogen-bond acceptors (Lipinski definition) is 4. The third-order valence-electron chi connectivity index (χ3n) is 3.33. The van der Waals surface area contributed by atoms with Crippen molar-refractivity contribution in [3.63, 3.8) is 0 Å². The minimum atomic E-state index is -0.365. The van der Waals surface area contributed by atoms with Crippen molar-refractivity contribution < 1.29 is 9.59 Å². The monoisotopic (exact) mass is 337 g/mol. The minimum absolute atomic E-state index is 0.157. The van der Waals surface area contributed by atoms with Gasteiger partial charge in [-0.3, -0.25) is 9.59 Å². The predicted octanol–water partition coefficient (Wildman–Crippen LogP) is 3.19. The Balaban J connectivity index is 2.14. The van der Waals surface area contributed by atoms with Crippen LogP contribution in [0.4, 0.5) is 0 Å². The normalized spacial score (nSPS) is 11.5. The van der Waals surface area contributed by atoms with Gasteiger partial charge in [-0.2, -0.15) is 10.1 Å². The lowest BCUT2D eigenvalue weighted by Gasteiger charge is -2.02. The molecule has 0 radical (unpaired) electrons. The number of aromatic nitrogens is 2. The van der Waals surface area contributed by atoms with Crippen molar-refractivity contribution in [3.05, 3.63) is 75.5 Å². The standard InChI is InChI=1S/C18H15N3O2S/c1-12-7-6-10-15(11-12)21-18(24-17(20-21)13(2)22)19-16(23)14-8-4-3-5-9-14/h3-11H,1-2H3. The average Bonchev–Trinajstić information content (AvgIpc) is 3.00. The van der Waals surface area contributed by atoms with Crippen LogP contribution >= 0.6 is 11.3 Å². The van der Waals surface area contributed by atoms with Crippen molar-refractivity contribution in [1.82, 2.24) is 9.78 Å². The van der Waals surface area contributed by atoms with E-state index in [1.165, 1.54) is 11.6 Å². The van der Waals surface area contributed by atoms with E-state index < -0.39 is 0 Å². The van der Waals surface area contributed by atoms with Crippen molar-refractivity contribution in [3.8, 4) is 5.69 Å². The number of hydrogen-bond donors (Lipinski definition) is 0. The second kappa shape index (κ2) is 6.72. The summed E-state index contributed by atoms with van der Waals surface area (Å²) in [7, 11) is 0. The number of Topliss-reactive ketones (excluding diaryl/α,β-unsaturated/α-hetero) is 1. The zero-order valence-corrected chi connectivity index (χ0v) is 14.1. The van der Waals surface area contributed by atoms with E-state index in [2.05, 4.69) is 10.1 Å². The van der Waals surface area contributed by atoms with Gasteiger partial charge in [-0.15, -0.1) is 0 Å². The van der Waals surface area contributed by atoms with Gasteiger partial charge >= 0.3 is 0 Å². The summed E-state index contributed by atoms with van der Waals surface area (Å²) in [6, 6.07) is 16.5. The Morgan fingerprint density at radius 3 is 2.50 bits per heavy atom. The van der Waals surface area contributed by atoms with Crippen molar-refractivity contribution in [2.75, 3.05) is 0 Å². The third kappa shape index (κ3) is 3.38. The fraction of sp³-hybridized carbons (Fsp3) is 0.111. The highest BCUT2D eigenvalue weighted by Crippen LogP contribution is 2.10. The van der Waals surface area contributed by atoms with Crippen LogP contribution in [0.15, 0.2) is 59.6 Å². The summed E-state index contributed by atoms with van der Waals surface area (Å²) in [6.07, 6.45) is 0. The lowest BCUT2D eigenvalue weighted by atomic mass is 10.2. The van der Waals surface area contributed by atoms with Gasteiger partial charge in [0.1, 0.15) is 0 Å². The number of aryl methyl sites for hydroxylation is 1. The number of benzene rings is 2. The molecule has 6 heteroatoms. The average molecular weight is 337 g/mol. The molecule has 0 unspecified atom stereocenters. The quantitative estimate of drug-likeness (QED) is 0.690. The molecule has 0 N–H and O–H groups in total. The van der Waals surface area contributed by atoms with Crippen LogP contribution in [-0.2, 0) is 0 Å². The minimum Gasteiger partial charge on any atom is -0.292 e. The molecule has 0 aliphatic carbocycles. The maximum Gasteiger partial charge on any atom is 0.279 e. The molecule has 1 aromatic heterocycles. The molecule has 0 aliphatic heterocycles. The number of ketones is 1. The molecule has 3 rings (SSSR count). The predicted molar refractivity (Wildman–Crippen MR) is 92.5 cm³/mol. The Morgan fingerprint density at radius 2 is 1.83 bits per heavy atom. The van der Waals surface area contributed by atoms with Gasteiger partial charge in [-0.1, -0.05) is 41.7 Å². The molecule has 0 saturated carbocycles. The zero-order valence-electron chi connectivity index (χ0n) is 13.3. The van der Waals surface area contributed by atoms with E-state index in [1.54, 1.807) is 24.3 Å². The van der Waals surface area contributed by atoms with Crippen molar-refractivity contribution in [2.45, 2.75) is 13.8 Å². The molecule has 0 atom stereocenters. The van der Waals surface area contributed by atoms with Crippen LogP contribution in [0.5, 0.6) is 0 Å². The van der Waals surface area contributed by atoms with Gasteiger partial charge in [0, 0.05) is 12.5 Å². The van der Waals surface area contributed by atoms with Crippen LogP contribution in [0, 0.1) is 6.92 Å². The third-order valence-corrected chi connectivity index (χ3v) is 4.33. The molecule has 0 saturated heterocycles. The van der Waals surface area contributed by atoms with E-state index in [-0.39, 0.29) is 11.7 Å². The maximum absolute atomic E-state index is 12.4. The Morgan fingerprint density at radius 1 is 1.08 bits per heavy atom. The van der Waals surface area contributed by atoms with Crippen LogP contribution in [0.1, 0.15) is 32.6 Å². The molecule has 3 aromatic rings. The van der Waals surface area contributed by atoms with Gasteiger partial charge in [-0.05, 0) is 36.8 Å². The first-order valence-corrected chi connectivity index (χ1v) is 8.18. The topological polar surface area (TPSA) is 64.3 Å². The Bertz CT molecular complexity index is 971. The molecule has 0 aliphatic rings. The molecule has 1 heterocycles. The molecular formula is C18H15N3O2S. The smallest absolute Gasteiger partial charge is 0.279 e. The number of carbonyl (C=O) groups excluding carboxylic acids is 2. The van der Waals surface area contributed by atoms with Gasteiger partial charge in [-0.25, -0.2) is 4.68 Å². The SMILES string of the molecule is CC(=O)c1nn(-c2cccc(C)c2)c(=NC(=O)c2ccccc2)s1. The highest BCUT2D eigenvalue weighted by atomic mass is 32.1. The van der Waals surface area contributed by atoms with E-state index >= 15 is 0 Å². The van der Waals surface area contributed by atoms with E-state index in [1.807, 2.05) is 37.3 Å². The van der Waals surface area contributed by atoms with Crippen molar-refractivity contribution >= 4 is 23.0 Å². The second-order valence-corrected chi connectivity index (χ2v) is 6.24. The summed E-state index contributed by atoms with van der Waals surface area (Å²) in [4.78, 5) is 28.6. The summed E-state index contributed by atoms with van der Waals surface area (Å²) in [5.41, 5.74) is 2.31. The van der Waals surface area contributed by atoms with Crippen LogP contribution in [0.25, 0.3) is 5.69 Å². The fourth-order valence-corrected chi connectivity index (χ4v) is 2.96. The van der Waals surface area contributed by atoms with Crippen molar-refractivity contribution in [2.24, 2.45) is 4.99 Å². The molecule has 24 heavy (non-hydrogen) atoms. The van der Waals surface area contributed by atoms with E-state index in [0.717, 1.165) is 22.6 Å². The summed E-state index contributed by atoms with van der Waals surface area (Å²) in [6.45, 7) is 3.41. The molecule has 0 fully saturated rings. The van der Waals surface area contributed by atoms with Crippen LogP contribution in [0.3, 0.4) is 0 Å². The number of nitrogens with zero attached hydrogens (tertiary/aromatic N) is 3. The largest absolute Gasteiger partial charge is 0.292 e. The lowest BCUT2D eigenvalue weighted by Crippen LogP contribution is -2.16. The Hall–Kier alpha value is -2.86. The summed E-state index contributed by atoms with van der Waals surface area (Å²) < 4.78 is 1.54. The van der Waals surface area contributed by atoms with Gasteiger partial charge in [0.2, 0.25) is 4.80 Å². The van der Waals surface area contributed by atoms with Gasteiger partial charge < -0.3 is 0 Å². The number of carbonyl (C=O) groups is 2. The molecule has 5 nitrogen and oxygen atoms in total. The Kier molecular flexibility index (Phi) is 4.48. The van der Waals surface area contributed by atoms with Crippen molar-refractivity contribution in [1.29, 1.82) is 0 Å². The lowest BCUT2D eigenvalue weighted by molar-refractivity contribution is 0.0994. The summed E-state index contributed by atoms with van der Waals surface area (Å²) in [5.74, 6) is -0.522. The molecule has 2 aromatic carbocycles. The van der Waals surface area contributed by atoms with E-state index in [0.29, 0.717) is 15.4 Å². The first kappa shape index (κ1) is 16.0. The summed E-state index contributed by atoms with van der Waals surface area (Å²) >= 11 is 1.11. The number of rotatable bonds is 3. The summed E-state index contributed by atoms with van der Waals surface area (Å²) in [5, 5.41) is 4.62. The maximum atomic E-state index is 12.4. The Labute approximate surface area is 142 Å². The highest BCUT2D eigenvalue weighted by molar-refractivity contribution is 7.11. The number of amides is 1. The molecule has 0 spiro atoms. The van der Waals surface area contributed by atoms with Crippen LogP contribution < -0.4 is 4.80 Å².